The molecule has 1 aliphatic heterocycles. The molecule has 3 heterocycles. The topological polar surface area (TPSA) is 63.4 Å². The number of hydrogen-bond donors (Lipinski definition) is 0. The van der Waals surface area contributed by atoms with Crippen LogP contribution in [0.1, 0.15) is 33.3 Å². The van der Waals surface area contributed by atoms with Crippen LogP contribution >= 0.6 is 15.9 Å². The van der Waals surface area contributed by atoms with E-state index in [2.05, 4.69) is 20.9 Å². The van der Waals surface area contributed by atoms with Gasteiger partial charge in [-0.2, -0.15) is 0 Å². The smallest absolute Gasteiger partial charge is 0.291 e. The normalized spacial score (nSPS) is 15.7. The number of hydrogen-bond acceptors (Lipinski definition) is 4. The number of halogens is 1. The summed E-state index contributed by atoms with van der Waals surface area (Å²) in [5, 5.41) is 0.476. The maximum Gasteiger partial charge on any atom is 0.291 e. The van der Waals surface area contributed by atoms with Crippen molar-refractivity contribution in [1.29, 1.82) is 0 Å². The van der Waals surface area contributed by atoms with Crippen LogP contribution in [0.4, 0.5) is 0 Å². The van der Waals surface area contributed by atoms with Crippen LogP contribution in [0, 0.1) is 0 Å². The molecular weight excluding hydrogens is 432 g/mol. The molecule has 0 fully saturated rings. The summed E-state index contributed by atoms with van der Waals surface area (Å²) in [6, 6.07) is 17.9. The molecule has 142 valence electrons. The molecule has 29 heavy (non-hydrogen) atoms. The van der Waals surface area contributed by atoms with Crippen LogP contribution in [-0.4, -0.2) is 15.8 Å². The standard InChI is InChI=1S/C23H15BrN2O3/c24-16-9-7-15(8-10-16)20-19-21(27)17-5-1-2-6-18(17)29-22(19)23(28)26(20)13-14-4-3-11-25-12-14/h1-12,20H,13H2/t20-/m0/s1. The highest BCUT2D eigenvalue weighted by Crippen LogP contribution is 2.39. The molecule has 5 nitrogen and oxygen atoms in total. The highest BCUT2D eigenvalue weighted by molar-refractivity contribution is 9.10. The number of pyridine rings is 1. The van der Waals surface area contributed by atoms with Gasteiger partial charge in [-0.25, -0.2) is 0 Å². The number of carbonyl (C=O) groups is 1. The Morgan fingerprint density at radius 1 is 1.00 bits per heavy atom. The summed E-state index contributed by atoms with van der Waals surface area (Å²) in [4.78, 5) is 32.5. The second-order valence-corrected chi connectivity index (χ2v) is 7.83. The van der Waals surface area contributed by atoms with Crippen molar-refractivity contribution in [3.05, 3.63) is 110 Å². The Hall–Kier alpha value is -3.25. The van der Waals surface area contributed by atoms with Gasteiger partial charge in [-0.15, -0.1) is 0 Å². The van der Waals surface area contributed by atoms with Crippen LogP contribution in [0.25, 0.3) is 11.0 Å². The van der Waals surface area contributed by atoms with Crippen LogP contribution in [0.2, 0.25) is 0 Å². The van der Waals surface area contributed by atoms with E-state index < -0.39 is 6.04 Å². The molecule has 2 aromatic heterocycles. The van der Waals surface area contributed by atoms with Crippen LogP contribution in [-0.2, 0) is 6.54 Å². The fraction of sp³-hybridized carbons (Fsp3) is 0.0870. The van der Waals surface area contributed by atoms with Crippen molar-refractivity contribution >= 4 is 32.8 Å². The number of carbonyl (C=O) groups excluding carboxylic acids is 1. The molecule has 0 radical (unpaired) electrons. The number of para-hydroxylation sites is 1. The molecule has 2 aromatic carbocycles. The van der Waals surface area contributed by atoms with Gasteiger partial charge in [-0.1, -0.05) is 46.3 Å². The average molecular weight is 447 g/mol. The molecule has 0 saturated heterocycles. The van der Waals surface area contributed by atoms with E-state index in [0.717, 1.165) is 15.6 Å². The zero-order valence-electron chi connectivity index (χ0n) is 15.2. The molecule has 0 aliphatic carbocycles. The Kier molecular flexibility index (Phi) is 4.28. The van der Waals surface area contributed by atoms with E-state index in [-0.39, 0.29) is 17.1 Å². The number of benzene rings is 2. The van der Waals surface area contributed by atoms with Crippen molar-refractivity contribution in [1.82, 2.24) is 9.88 Å². The van der Waals surface area contributed by atoms with Crippen LogP contribution in [0.15, 0.2) is 86.7 Å². The fourth-order valence-electron chi connectivity index (χ4n) is 3.81. The zero-order valence-corrected chi connectivity index (χ0v) is 16.8. The van der Waals surface area contributed by atoms with E-state index in [0.29, 0.717) is 23.1 Å². The fourth-order valence-corrected chi connectivity index (χ4v) is 4.07. The minimum Gasteiger partial charge on any atom is -0.450 e. The second kappa shape index (κ2) is 6.97. The first-order valence-corrected chi connectivity index (χ1v) is 9.94. The van der Waals surface area contributed by atoms with Crippen molar-refractivity contribution < 1.29 is 9.21 Å². The first-order valence-electron chi connectivity index (χ1n) is 9.14. The number of aromatic nitrogens is 1. The highest BCUT2D eigenvalue weighted by atomic mass is 79.9. The van der Waals surface area contributed by atoms with Crippen LogP contribution in [0.3, 0.4) is 0 Å². The Morgan fingerprint density at radius 2 is 1.79 bits per heavy atom. The zero-order chi connectivity index (χ0) is 20.0. The van der Waals surface area contributed by atoms with Crippen molar-refractivity contribution in [2.45, 2.75) is 12.6 Å². The van der Waals surface area contributed by atoms with Gasteiger partial charge in [0.15, 0.2) is 5.43 Å². The maximum absolute atomic E-state index is 13.4. The summed E-state index contributed by atoms with van der Waals surface area (Å²) in [7, 11) is 0. The van der Waals surface area contributed by atoms with Crippen LogP contribution in [0.5, 0.6) is 0 Å². The monoisotopic (exact) mass is 446 g/mol. The molecule has 1 amide bonds. The van der Waals surface area contributed by atoms with Crippen molar-refractivity contribution in [2.24, 2.45) is 0 Å². The van der Waals surface area contributed by atoms with Crippen molar-refractivity contribution in [2.75, 3.05) is 0 Å². The molecule has 0 saturated carbocycles. The molecule has 1 aliphatic rings. The summed E-state index contributed by atoms with van der Waals surface area (Å²) in [5.74, 6) is -0.176. The second-order valence-electron chi connectivity index (χ2n) is 6.92. The third kappa shape index (κ3) is 2.96. The average Bonchev–Trinajstić information content (AvgIpc) is 3.02. The molecule has 0 unspecified atom stereocenters. The Bertz CT molecular complexity index is 1280. The van der Waals surface area contributed by atoms with Gasteiger partial charge in [0.2, 0.25) is 5.76 Å². The largest absolute Gasteiger partial charge is 0.450 e. The summed E-state index contributed by atoms with van der Waals surface area (Å²) >= 11 is 3.44. The molecule has 0 bridgehead atoms. The van der Waals surface area contributed by atoms with Crippen molar-refractivity contribution in [3.8, 4) is 0 Å². The van der Waals surface area contributed by atoms with E-state index >= 15 is 0 Å². The Balaban J connectivity index is 1.73. The van der Waals surface area contributed by atoms with Gasteiger partial charge in [0, 0.05) is 23.4 Å². The number of fused-ring (bicyclic) bond motifs is 2. The van der Waals surface area contributed by atoms with Gasteiger partial charge >= 0.3 is 0 Å². The lowest BCUT2D eigenvalue weighted by atomic mass is 9.98. The van der Waals surface area contributed by atoms with E-state index in [1.165, 1.54) is 0 Å². The molecule has 0 N–H and O–H groups in total. The Labute approximate surface area is 174 Å². The molecule has 4 aromatic rings. The summed E-state index contributed by atoms with van der Waals surface area (Å²) < 4.78 is 6.85. The lowest BCUT2D eigenvalue weighted by Crippen LogP contribution is -2.29. The van der Waals surface area contributed by atoms with Gasteiger partial charge in [0.05, 0.1) is 17.0 Å². The minimum absolute atomic E-state index is 0.116. The van der Waals surface area contributed by atoms with Gasteiger partial charge in [-0.05, 0) is 41.5 Å². The molecule has 1 atom stereocenters. The highest BCUT2D eigenvalue weighted by Gasteiger charge is 2.42. The van der Waals surface area contributed by atoms with Gasteiger partial charge in [0.25, 0.3) is 5.91 Å². The third-order valence-corrected chi connectivity index (χ3v) is 5.66. The van der Waals surface area contributed by atoms with E-state index in [9.17, 15) is 9.59 Å². The first kappa shape index (κ1) is 17.8. The minimum atomic E-state index is -0.522. The van der Waals surface area contributed by atoms with Gasteiger partial charge in [-0.3, -0.25) is 14.6 Å². The lowest BCUT2D eigenvalue weighted by molar-refractivity contribution is 0.0714. The SMILES string of the molecule is O=C1c2oc3ccccc3c(=O)c2[C@H](c2ccc(Br)cc2)N1Cc1cccnc1. The molecule has 0 spiro atoms. The van der Waals surface area contributed by atoms with E-state index in [4.69, 9.17) is 4.42 Å². The maximum atomic E-state index is 13.4. The van der Waals surface area contributed by atoms with Gasteiger partial charge in [0.1, 0.15) is 5.58 Å². The molecular formula is C23H15BrN2O3. The number of rotatable bonds is 3. The summed E-state index contributed by atoms with van der Waals surface area (Å²) in [6.07, 6.45) is 3.41. The molecule has 5 rings (SSSR count). The summed E-state index contributed by atoms with van der Waals surface area (Å²) in [6.45, 7) is 0.327. The van der Waals surface area contributed by atoms with E-state index in [1.807, 2.05) is 36.4 Å². The summed E-state index contributed by atoms with van der Waals surface area (Å²) in [5.41, 5.74) is 2.37. The van der Waals surface area contributed by atoms with Crippen molar-refractivity contribution in [3.63, 3.8) is 0 Å². The van der Waals surface area contributed by atoms with E-state index in [1.54, 1.807) is 41.6 Å². The number of nitrogens with zero attached hydrogens (tertiary/aromatic N) is 2. The predicted molar refractivity (Wildman–Crippen MR) is 113 cm³/mol. The van der Waals surface area contributed by atoms with Gasteiger partial charge < -0.3 is 9.32 Å². The molecule has 6 heteroatoms. The number of amides is 1. The quantitative estimate of drug-likeness (QED) is 0.457. The lowest BCUT2D eigenvalue weighted by Gasteiger charge is -2.25. The first-order chi connectivity index (χ1) is 14.1. The van der Waals surface area contributed by atoms with Crippen LogP contribution < -0.4 is 5.43 Å². The predicted octanol–water partition coefficient (Wildman–Crippen LogP) is 4.70. The third-order valence-electron chi connectivity index (χ3n) is 5.13. The Morgan fingerprint density at radius 3 is 2.55 bits per heavy atom.